The van der Waals surface area contributed by atoms with E-state index in [1.165, 1.54) is 18.9 Å². The van der Waals surface area contributed by atoms with Crippen molar-refractivity contribution in [2.75, 3.05) is 6.54 Å². The van der Waals surface area contributed by atoms with Crippen LogP contribution < -0.4 is 5.32 Å². The van der Waals surface area contributed by atoms with Crippen molar-refractivity contribution < 1.29 is 13.4 Å². The van der Waals surface area contributed by atoms with Crippen LogP contribution in [0.5, 0.6) is 0 Å². The fraction of sp³-hybridized carbons (Fsp3) is 0.0714. The number of oxazole rings is 1. The monoisotopic (exact) mass is 832 g/mol. The van der Waals surface area contributed by atoms with E-state index in [0.717, 1.165) is 19.4 Å². The minimum atomic E-state index is 0.983. The molecular weight excluding hydrogens is 785 g/mol. The molecule has 2 aliphatic rings. The highest BCUT2D eigenvalue weighted by Crippen LogP contribution is 1.91. The summed E-state index contributed by atoms with van der Waals surface area (Å²) in [6, 6.07) is 29.0. The third-order valence-corrected chi connectivity index (χ3v) is 6.37. The summed E-state index contributed by atoms with van der Waals surface area (Å²) in [7, 11) is 0. The van der Waals surface area contributed by atoms with Crippen LogP contribution >= 0.6 is 22.7 Å². The molecule has 2 aliphatic heterocycles. The maximum absolute atomic E-state index is 4.58. The van der Waals surface area contributed by atoms with Crippen LogP contribution in [0.4, 0.5) is 0 Å². The Morgan fingerprint density at radius 2 is 1.20 bits per heavy atom. The van der Waals surface area contributed by atoms with Gasteiger partial charge >= 0.3 is 0 Å². The molecule has 9 aromatic rings. The first kappa shape index (κ1) is 49.4. The highest BCUT2D eigenvalue weighted by atomic mass is 32.1. The van der Waals surface area contributed by atoms with Crippen molar-refractivity contribution in [3.8, 4) is 0 Å². The zero-order valence-electron chi connectivity index (χ0n) is 32.2. The minimum Gasteiger partial charge on any atom is -0.473 e. The van der Waals surface area contributed by atoms with E-state index >= 15 is 0 Å². The number of H-pyrrole nitrogens is 2. The molecule has 8 aromatic heterocycles. The quantitative estimate of drug-likeness (QED) is 0.131. The number of aromatic nitrogens is 9. The van der Waals surface area contributed by atoms with Gasteiger partial charge in [-0.3, -0.25) is 15.1 Å². The summed E-state index contributed by atoms with van der Waals surface area (Å²) in [5.41, 5.74) is 1.79. The van der Waals surface area contributed by atoms with E-state index in [1.54, 1.807) is 103 Å². The second kappa shape index (κ2) is 46.5. The molecule has 0 fully saturated rings. The largest absolute Gasteiger partial charge is 0.473 e. The Bertz CT molecular complexity index is 1450. The first-order chi connectivity index (χ1) is 29.5. The standard InChI is InChI=1S/C6H6.C5H7N.C5H5N.C4H6N2.C4H4O.C4H4S.C3H4N2.2C3H3NO.C3H3NS.C2H3N3/c4*1-2-4-6-5-3-1;3*1-2-4-5-3-1;1-2-5-3-4-1;1-2-4-5-3-1;1-2-5-3-4-1;1-2-4-5-3-1/h1-6H;1-4,6H,5H2;1-5H;3-4H,1-2H2;2*1-4H;1-3H,(H,4,5);3*1-3H;1-2H,(H,3,4,5). The SMILES string of the molecule is C1=CCNC=C1.C1=NN=CCC1.c1ccccc1.c1ccncc1.c1ccoc1.c1ccsc1.c1cn[nH]c1.c1cn[nH]n1.c1cnoc1.c1cocn1.c1cscn1. The van der Waals surface area contributed by atoms with Gasteiger partial charge in [-0.25, -0.2) is 4.98 Å². The predicted molar refractivity (Wildman–Crippen MR) is 236 cm³/mol. The van der Waals surface area contributed by atoms with Gasteiger partial charge in [-0.05, 0) is 72.3 Å². The van der Waals surface area contributed by atoms with Crippen molar-refractivity contribution in [3.63, 3.8) is 0 Å². The van der Waals surface area contributed by atoms with Gasteiger partial charge in [0.15, 0.2) is 6.39 Å². The van der Waals surface area contributed by atoms with Crippen molar-refractivity contribution in [2.24, 2.45) is 10.2 Å². The molecule has 1 aromatic carbocycles. The van der Waals surface area contributed by atoms with Gasteiger partial charge < -0.3 is 18.7 Å². The molecular formula is C42H48N12O3S2. The number of thiazole rings is 1. The third kappa shape index (κ3) is 44.7. The normalized spacial score (nSPS) is 10.0. The fourth-order valence-corrected chi connectivity index (χ4v) is 3.63. The van der Waals surface area contributed by atoms with Crippen molar-refractivity contribution in [1.82, 2.24) is 51.0 Å². The molecule has 0 aliphatic carbocycles. The molecule has 0 bridgehead atoms. The highest BCUT2D eigenvalue weighted by Gasteiger charge is 1.80. The topological polar surface area (TPSA) is 198 Å². The molecule has 0 saturated heterocycles. The maximum Gasteiger partial charge on any atom is 0.180 e. The molecule has 59 heavy (non-hydrogen) atoms. The Labute approximate surface area is 352 Å². The summed E-state index contributed by atoms with van der Waals surface area (Å²) in [6.45, 7) is 0.983. The van der Waals surface area contributed by atoms with Gasteiger partial charge in [0, 0.05) is 55.3 Å². The fourth-order valence-electron chi connectivity index (χ4n) is 2.83. The Hall–Kier alpha value is -7.63. The highest BCUT2D eigenvalue weighted by molar-refractivity contribution is 7.07. The number of rotatable bonds is 0. The number of dihydropyridines is 1. The maximum atomic E-state index is 4.58. The average Bonchev–Trinajstić information content (AvgIpc) is 4.21. The summed E-state index contributed by atoms with van der Waals surface area (Å²) in [6.07, 6.45) is 36.5. The third-order valence-electron chi connectivity index (χ3n) is 5.21. The number of nitrogens with zero attached hydrogens (tertiary/aromatic N) is 9. The molecule has 3 N–H and O–H groups in total. The molecule has 0 radical (unpaired) electrons. The summed E-state index contributed by atoms with van der Waals surface area (Å²) < 4.78 is 13.4. The van der Waals surface area contributed by atoms with Gasteiger partial charge in [-0.2, -0.15) is 42.0 Å². The lowest BCUT2D eigenvalue weighted by Gasteiger charge is -1.94. The number of pyridine rings is 1. The molecule has 306 valence electrons. The molecule has 17 heteroatoms. The van der Waals surface area contributed by atoms with E-state index in [9.17, 15) is 0 Å². The van der Waals surface area contributed by atoms with E-state index in [-0.39, 0.29) is 0 Å². The van der Waals surface area contributed by atoms with Crippen LogP contribution in [0.15, 0.2) is 248 Å². The Morgan fingerprint density at radius 3 is 1.39 bits per heavy atom. The van der Waals surface area contributed by atoms with Gasteiger partial charge in [-0.15, -0.1) is 11.3 Å². The molecule has 10 heterocycles. The van der Waals surface area contributed by atoms with Crippen LogP contribution in [0.3, 0.4) is 0 Å². The van der Waals surface area contributed by atoms with Gasteiger partial charge in [0.1, 0.15) is 12.5 Å². The zero-order valence-corrected chi connectivity index (χ0v) is 33.8. The summed E-state index contributed by atoms with van der Waals surface area (Å²) in [5, 5.41) is 35.2. The molecule has 0 unspecified atom stereocenters. The van der Waals surface area contributed by atoms with Crippen LogP contribution in [0, 0.1) is 0 Å². The second-order valence-corrected chi connectivity index (χ2v) is 11.2. The number of thiophene rings is 1. The molecule has 11 rings (SSSR count). The lowest BCUT2D eigenvalue weighted by Crippen LogP contribution is -2.05. The van der Waals surface area contributed by atoms with Crippen molar-refractivity contribution in [2.45, 2.75) is 12.8 Å². The smallest absolute Gasteiger partial charge is 0.180 e. The minimum absolute atomic E-state index is 0.983. The van der Waals surface area contributed by atoms with E-state index < -0.39 is 0 Å². The van der Waals surface area contributed by atoms with Crippen LogP contribution in [0.25, 0.3) is 0 Å². The number of nitrogens with one attached hydrogen (secondary N) is 3. The average molecular weight is 833 g/mol. The number of allylic oxidation sites excluding steroid dienone is 2. The number of hydrogen-bond donors (Lipinski definition) is 3. The predicted octanol–water partition coefficient (Wildman–Crippen LogP) is 10.00. The van der Waals surface area contributed by atoms with Gasteiger partial charge in [0.05, 0.1) is 42.8 Å². The van der Waals surface area contributed by atoms with Crippen molar-refractivity contribution in [1.29, 1.82) is 0 Å². The van der Waals surface area contributed by atoms with Crippen molar-refractivity contribution >= 4 is 35.1 Å². The number of hydrogen-bond acceptors (Lipinski definition) is 15. The van der Waals surface area contributed by atoms with E-state index in [4.69, 9.17) is 0 Å². The molecule has 0 spiro atoms. The molecule has 0 amide bonds. The summed E-state index contributed by atoms with van der Waals surface area (Å²) in [4.78, 5) is 11.1. The lowest BCUT2D eigenvalue weighted by atomic mass is 10.3. The number of furan rings is 1. The summed E-state index contributed by atoms with van der Waals surface area (Å²) in [5.74, 6) is 0. The van der Waals surface area contributed by atoms with Crippen LogP contribution in [-0.2, 0) is 0 Å². The van der Waals surface area contributed by atoms with E-state index in [2.05, 4.69) is 80.7 Å². The van der Waals surface area contributed by atoms with Crippen molar-refractivity contribution in [3.05, 3.63) is 224 Å². The Balaban J connectivity index is 0.000000325. The van der Waals surface area contributed by atoms with Gasteiger partial charge in [-0.1, -0.05) is 71.9 Å². The van der Waals surface area contributed by atoms with Crippen LogP contribution in [-0.4, -0.2) is 64.7 Å². The summed E-state index contributed by atoms with van der Waals surface area (Å²) >= 11 is 3.31. The number of benzene rings is 1. The first-order valence-electron chi connectivity index (χ1n) is 17.6. The Kier molecular flexibility index (Phi) is 38.9. The van der Waals surface area contributed by atoms with E-state index in [1.807, 2.05) is 132 Å². The van der Waals surface area contributed by atoms with Crippen LogP contribution in [0.2, 0.25) is 0 Å². The molecule has 15 nitrogen and oxygen atoms in total. The zero-order chi connectivity index (χ0) is 41.7. The molecule has 0 atom stereocenters. The molecule has 0 saturated carbocycles. The lowest BCUT2D eigenvalue weighted by molar-refractivity contribution is 0.420. The van der Waals surface area contributed by atoms with Gasteiger partial charge in [0.2, 0.25) is 0 Å². The number of aromatic amines is 2. The van der Waals surface area contributed by atoms with Gasteiger partial charge in [0.25, 0.3) is 0 Å². The van der Waals surface area contributed by atoms with E-state index in [0.29, 0.717) is 0 Å². The van der Waals surface area contributed by atoms with Crippen LogP contribution in [0.1, 0.15) is 12.8 Å². The second-order valence-electron chi connectivity index (χ2n) is 9.60. The Morgan fingerprint density at radius 1 is 0.492 bits per heavy atom. The first-order valence-corrected chi connectivity index (χ1v) is 19.5.